The van der Waals surface area contributed by atoms with Crippen LogP contribution in [0, 0.1) is 6.92 Å². The van der Waals surface area contributed by atoms with Gasteiger partial charge < -0.3 is 8.98 Å². The van der Waals surface area contributed by atoms with Crippen LogP contribution in [0.25, 0.3) is 0 Å². The normalized spacial score (nSPS) is 11.8. The molecule has 0 radical (unpaired) electrons. The molecule has 1 aromatic carbocycles. The van der Waals surface area contributed by atoms with Gasteiger partial charge in [-0.05, 0) is 31.2 Å². The highest BCUT2D eigenvalue weighted by atomic mass is 32.1. The predicted octanol–water partition coefficient (Wildman–Crippen LogP) is 3.24. The summed E-state index contributed by atoms with van der Waals surface area (Å²) in [5.74, 6) is 0.607. The van der Waals surface area contributed by atoms with E-state index >= 15 is 0 Å². The molecule has 0 N–H and O–H groups in total. The largest absolute Gasteiger partial charge is 0.467 e. The number of aromatic nitrogens is 1. The van der Waals surface area contributed by atoms with E-state index in [1.54, 1.807) is 18.4 Å². The van der Waals surface area contributed by atoms with Gasteiger partial charge in [0.25, 0.3) is 5.91 Å². The molecule has 0 aliphatic heterocycles. The maximum atomic E-state index is 12.2. The number of carbonyl (C=O) groups is 1. The monoisotopic (exact) mass is 298 g/mol. The fraction of sp³-hybridized carbons (Fsp3) is 0.125. The zero-order valence-electron chi connectivity index (χ0n) is 11.5. The van der Waals surface area contributed by atoms with E-state index in [2.05, 4.69) is 4.99 Å². The van der Waals surface area contributed by atoms with Gasteiger partial charge in [0.05, 0.1) is 12.8 Å². The number of carbonyl (C=O) groups excluding carboxylic acids is 1. The summed E-state index contributed by atoms with van der Waals surface area (Å²) in [6.07, 6.45) is 1.64. The van der Waals surface area contributed by atoms with E-state index in [-0.39, 0.29) is 5.91 Å². The van der Waals surface area contributed by atoms with Crippen LogP contribution in [0.15, 0.2) is 63.5 Å². The first-order valence-corrected chi connectivity index (χ1v) is 7.43. The van der Waals surface area contributed by atoms with Gasteiger partial charge in [-0.2, -0.15) is 4.99 Å². The molecule has 0 unspecified atom stereocenters. The Morgan fingerprint density at radius 1 is 1.24 bits per heavy atom. The molecular weight excluding hydrogens is 284 g/mol. The molecule has 2 aromatic heterocycles. The van der Waals surface area contributed by atoms with Gasteiger partial charge in [-0.1, -0.05) is 18.2 Å². The number of aryl methyl sites for hydroxylation is 1. The molecule has 2 heterocycles. The molecule has 0 spiro atoms. The summed E-state index contributed by atoms with van der Waals surface area (Å²) in [6.45, 7) is 2.56. The first-order chi connectivity index (χ1) is 10.2. The van der Waals surface area contributed by atoms with E-state index in [9.17, 15) is 4.79 Å². The first-order valence-electron chi connectivity index (χ1n) is 6.55. The first kappa shape index (κ1) is 13.6. The lowest BCUT2D eigenvalue weighted by Gasteiger charge is -2.03. The van der Waals surface area contributed by atoms with Crippen LogP contribution >= 0.6 is 11.3 Å². The minimum atomic E-state index is -0.231. The van der Waals surface area contributed by atoms with Gasteiger partial charge in [0.15, 0.2) is 4.80 Å². The lowest BCUT2D eigenvalue weighted by molar-refractivity contribution is 0.0997. The maximum absolute atomic E-state index is 12.2. The lowest BCUT2D eigenvalue weighted by atomic mass is 10.2. The van der Waals surface area contributed by atoms with Crippen molar-refractivity contribution in [1.82, 2.24) is 4.57 Å². The fourth-order valence-corrected chi connectivity index (χ4v) is 2.86. The fourth-order valence-electron chi connectivity index (χ4n) is 1.99. The highest BCUT2D eigenvalue weighted by Crippen LogP contribution is 2.07. The number of thiazole rings is 1. The highest BCUT2D eigenvalue weighted by Gasteiger charge is 2.07. The Balaban J connectivity index is 1.96. The van der Waals surface area contributed by atoms with Crippen molar-refractivity contribution >= 4 is 17.2 Å². The number of hydrogen-bond acceptors (Lipinski definition) is 3. The molecule has 0 aliphatic rings. The quantitative estimate of drug-likeness (QED) is 0.745. The molecule has 0 fully saturated rings. The summed E-state index contributed by atoms with van der Waals surface area (Å²) in [5, 5.41) is 1.99. The molecule has 3 aromatic rings. The molecule has 4 nitrogen and oxygen atoms in total. The average molecular weight is 298 g/mol. The number of amides is 1. The standard InChI is InChI=1S/C16H14N2O2S/c1-12-11-21-16(18(12)10-14-8-5-9-20-14)17-15(19)13-6-3-2-4-7-13/h2-9,11H,10H2,1H3. The van der Waals surface area contributed by atoms with E-state index in [1.165, 1.54) is 11.3 Å². The van der Waals surface area contributed by atoms with E-state index in [4.69, 9.17) is 4.42 Å². The van der Waals surface area contributed by atoms with Crippen molar-refractivity contribution in [3.8, 4) is 0 Å². The lowest BCUT2D eigenvalue weighted by Crippen LogP contribution is -2.18. The predicted molar refractivity (Wildman–Crippen MR) is 81.2 cm³/mol. The van der Waals surface area contributed by atoms with Gasteiger partial charge in [0, 0.05) is 16.6 Å². The third kappa shape index (κ3) is 3.03. The summed E-state index contributed by atoms with van der Waals surface area (Å²) >= 11 is 1.45. The highest BCUT2D eigenvalue weighted by molar-refractivity contribution is 7.07. The van der Waals surface area contributed by atoms with Crippen LogP contribution in [-0.2, 0) is 6.54 Å². The molecule has 5 heteroatoms. The third-order valence-electron chi connectivity index (χ3n) is 3.10. The topological polar surface area (TPSA) is 47.5 Å². The number of hydrogen-bond donors (Lipinski definition) is 0. The number of benzene rings is 1. The van der Waals surface area contributed by atoms with Crippen LogP contribution in [0.1, 0.15) is 21.8 Å². The SMILES string of the molecule is Cc1csc(=NC(=O)c2ccccc2)n1Cc1ccco1. The van der Waals surface area contributed by atoms with Crippen molar-refractivity contribution in [1.29, 1.82) is 0 Å². The smallest absolute Gasteiger partial charge is 0.279 e. The Hall–Kier alpha value is -2.40. The third-order valence-corrected chi connectivity index (χ3v) is 4.08. The zero-order chi connectivity index (χ0) is 14.7. The summed E-state index contributed by atoms with van der Waals surface area (Å²) in [4.78, 5) is 17.1. The Bertz CT molecular complexity index is 798. The second-order valence-electron chi connectivity index (χ2n) is 4.61. The molecule has 106 valence electrons. The summed E-state index contributed by atoms with van der Waals surface area (Å²) in [7, 11) is 0. The molecule has 0 aliphatic carbocycles. The van der Waals surface area contributed by atoms with Crippen LogP contribution in [0.4, 0.5) is 0 Å². The van der Waals surface area contributed by atoms with Gasteiger partial charge in [-0.3, -0.25) is 4.79 Å². The van der Waals surface area contributed by atoms with Crippen molar-refractivity contribution in [2.75, 3.05) is 0 Å². The summed E-state index contributed by atoms with van der Waals surface area (Å²) < 4.78 is 7.34. The minimum absolute atomic E-state index is 0.231. The summed E-state index contributed by atoms with van der Waals surface area (Å²) in [6, 6.07) is 12.8. The van der Waals surface area contributed by atoms with Crippen molar-refractivity contribution in [2.24, 2.45) is 4.99 Å². The Morgan fingerprint density at radius 3 is 2.76 bits per heavy atom. The Kier molecular flexibility index (Phi) is 3.83. The second kappa shape index (κ2) is 5.93. The van der Waals surface area contributed by atoms with Gasteiger partial charge in [0.1, 0.15) is 5.76 Å². The molecule has 0 bridgehead atoms. The minimum Gasteiger partial charge on any atom is -0.467 e. The summed E-state index contributed by atoms with van der Waals surface area (Å²) in [5.41, 5.74) is 1.64. The van der Waals surface area contributed by atoms with Crippen molar-refractivity contribution in [2.45, 2.75) is 13.5 Å². The number of nitrogens with zero attached hydrogens (tertiary/aromatic N) is 2. The molecule has 0 saturated heterocycles. The van der Waals surface area contributed by atoms with Crippen LogP contribution < -0.4 is 4.80 Å². The number of furan rings is 1. The van der Waals surface area contributed by atoms with E-state index in [1.807, 2.05) is 47.2 Å². The van der Waals surface area contributed by atoms with Gasteiger partial charge in [-0.15, -0.1) is 11.3 Å². The van der Waals surface area contributed by atoms with Crippen LogP contribution in [-0.4, -0.2) is 10.5 Å². The molecule has 0 saturated carbocycles. The second-order valence-corrected chi connectivity index (χ2v) is 5.44. The average Bonchev–Trinajstić information content (AvgIpc) is 3.13. The van der Waals surface area contributed by atoms with Crippen LogP contribution in [0.3, 0.4) is 0 Å². The Morgan fingerprint density at radius 2 is 2.05 bits per heavy atom. The maximum Gasteiger partial charge on any atom is 0.279 e. The number of rotatable bonds is 3. The molecular formula is C16H14N2O2S. The van der Waals surface area contributed by atoms with Gasteiger partial charge in [0.2, 0.25) is 0 Å². The molecule has 0 atom stereocenters. The van der Waals surface area contributed by atoms with E-state index < -0.39 is 0 Å². The van der Waals surface area contributed by atoms with Gasteiger partial charge >= 0.3 is 0 Å². The van der Waals surface area contributed by atoms with E-state index in [0.29, 0.717) is 16.9 Å². The Labute approximate surface area is 126 Å². The molecule has 3 rings (SSSR count). The van der Waals surface area contributed by atoms with Crippen LogP contribution in [0.2, 0.25) is 0 Å². The molecule has 21 heavy (non-hydrogen) atoms. The van der Waals surface area contributed by atoms with Crippen LogP contribution in [0.5, 0.6) is 0 Å². The van der Waals surface area contributed by atoms with Crippen molar-refractivity contribution in [3.05, 3.63) is 75.9 Å². The van der Waals surface area contributed by atoms with Crippen molar-refractivity contribution < 1.29 is 9.21 Å². The van der Waals surface area contributed by atoms with Crippen molar-refractivity contribution in [3.63, 3.8) is 0 Å². The van der Waals surface area contributed by atoms with Gasteiger partial charge in [-0.25, -0.2) is 0 Å². The molecule has 1 amide bonds. The van der Waals surface area contributed by atoms with E-state index in [0.717, 1.165) is 11.5 Å². The zero-order valence-corrected chi connectivity index (χ0v) is 12.3.